The van der Waals surface area contributed by atoms with Crippen LogP contribution in [0.15, 0.2) is 30.6 Å². The van der Waals surface area contributed by atoms with Crippen LogP contribution in [0.25, 0.3) is 0 Å². The summed E-state index contributed by atoms with van der Waals surface area (Å²) in [5.74, 6) is 0.499. The van der Waals surface area contributed by atoms with Gasteiger partial charge in [0.15, 0.2) is 11.5 Å². The van der Waals surface area contributed by atoms with E-state index < -0.39 is 0 Å². The lowest BCUT2D eigenvalue weighted by molar-refractivity contribution is 0.369. The highest BCUT2D eigenvalue weighted by Crippen LogP contribution is 2.33. The summed E-state index contributed by atoms with van der Waals surface area (Å²) in [5.41, 5.74) is 3.01. The van der Waals surface area contributed by atoms with Gasteiger partial charge in [0.1, 0.15) is 0 Å². The van der Waals surface area contributed by atoms with Gasteiger partial charge < -0.3 is 15.2 Å². The third kappa shape index (κ3) is 3.40. The molecule has 20 heavy (non-hydrogen) atoms. The van der Waals surface area contributed by atoms with Gasteiger partial charge in [-0.05, 0) is 30.2 Å². The van der Waals surface area contributed by atoms with Gasteiger partial charge >= 0.3 is 0 Å². The smallest absolute Gasteiger partial charge is 0.162 e. The number of aromatic hydroxyl groups is 1. The number of nitrogens with one attached hydrogen (secondary N) is 1. The number of nitrogens with zero attached hydrogens (tertiary/aromatic N) is 1. The van der Waals surface area contributed by atoms with Gasteiger partial charge in [0, 0.05) is 42.1 Å². The van der Waals surface area contributed by atoms with E-state index in [9.17, 15) is 5.11 Å². The van der Waals surface area contributed by atoms with E-state index in [1.807, 2.05) is 19.2 Å². The molecule has 0 spiro atoms. The van der Waals surface area contributed by atoms with Gasteiger partial charge in [0.2, 0.25) is 0 Å². The first kappa shape index (κ1) is 14.6. The summed E-state index contributed by atoms with van der Waals surface area (Å²) in [6.07, 6.45) is 3.60. The standard InChI is InChI=1S/C15H17ClN2O2/c1-10-3-4-17-8-12(10)9-18-7-11-5-13(16)6-14(20-2)15(11)19/h3-6,8,18-19H,7,9H2,1-2H3. The Kier molecular flexibility index (Phi) is 4.82. The number of pyridine rings is 1. The molecule has 106 valence electrons. The van der Waals surface area contributed by atoms with Crippen LogP contribution in [0.5, 0.6) is 11.5 Å². The van der Waals surface area contributed by atoms with Gasteiger partial charge in [-0.3, -0.25) is 4.98 Å². The second-order valence-corrected chi connectivity index (χ2v) is 4.96. The lowest BCUT2D eigenvalue weighted by atomic mass is 10.1. The molecule has 2 N–H and O–H groups in total. The second-order valence-electron chi connectivity index (χ2n) is 4.52. The summed E-state index contributed by atoms with van der Waals surface area (Å²) in [7, 11) is 1.50. The maximum absolute atomic E-state index is 10.0. The van der Waals surface area contributed by atoms with E-state index in [4.69, 9.17) is 16.3 Å². The number of aryl methyl sites for hydroxylation is 1. The summed E-state index contributed by atoms with van der Waals surface area (Å²) >= 11 is 5.99. The zero-order chi connectivity index (χ0) is 14.5. The normalized spacial score (nSPS) is 10.6. The topological polar surface area (TPSA) is 54.4 Å². The van der Waals surface area contributed by atoms with Crippen molar-refractivity contribution in [2.24, 2.45) is 0 Å². The number of rotatable bonds is 5. The summed E-state index contributed by atoms with van der Waals surface area (Å²) in [4.78, 5) is 4.10. The van der Waals surface area contributed by atoms with Crippen molar-refractivity contribution < 1.29 is 9.84 Å². The van der Waals surface area contributed by atoms with Crippen LogP contribution in [0.3, 0.4) is 0 Å². The first-order valence-corrected chi connectivity index (χ1v) is 6.65. The number of hydrogen-bond acceptors (Lipinski definition) is 4. The molecular weight excluding hydrogens is 276 g/mol. The first-order valence-electron chi connectivity index (χ1n) is 6.27. The zero-order valence-electron chi connectivity index (χ0n) is 11.5. The lowest BCUT2D eigenvalue weighted by Gasteiger charge is -2.11. The SMILES string of the molecule is COc1cc(Cl)cc(CNCc2cnccc2C)c1O. The minimum absolute atomic E-state index is 0.118. The molecule has 0 aliphatic carbocycles. The highest BCUT2D eigenvalue weighted by molar-refractivity contribution is 6.30. The van der Waals surface area contributed by atoms with Gasteiger partial charge in [-0.1, -0.05) is 11.6 Å². The maximum Gasteiger partial charge on any atom is 0.162 e. The Balaban J connectivity index is 2.05. The molecule has 0 fully saturated rings. The molecule has 0 radical (unpaired) electrons. The Labute approximate surface area is 123 Å². The summed E-state index contributed by atoms with van der Waals surface area (Å²) in [5, 5.41) is 13.8. The van der Waals surface area contributed by atoms with E-state index in [0.29, 0.717) is 29.4 Å². The molecule has 1 aromatic heterocycles. The number of halogens is 1. The highest BCUT2D eigenvalue weighted by Gasteiger charge is 2.09. The number of methoxy groups -OCH3 is 1. The number of hydrogen-bond donors (Lipinski definition) is 2. The maximum atomic E-state index is 10.0. The molecule has 0 aliphatic rings. The minimum atomic E-state index is 0.118. The molecule has 2 aromatic rings. The molecule has 0 saturated carbocycles. The molecule has 0 saturated heterocycles. The lowest BCUT2D eigenvalue weighted by Crippen LogP contribution is -2.14. The molecule has 1 aromatic carbocycles. The minimum Gasteiger partial charge on any atom is -0.504 e. The Morgan fingerprint density at radius 2 is 2.05 bits per heavy atom. The molecule has 2 rings (SSSR count). The van der Waals surface area contributed by atoms with Crippen molar-refractivity contribution in [3.63, 3.8) is 0 Å². The Bertz CT molecular complexity index is 602. The van der Waals surface area contributed by atoms with E-state index in [-0.39, 0.29) is 5.75 Å². The van der Waals surface area contributed by atoms with Crippen molar-refractivity contribution in [3.8, 4) is 11.5 Å². The Hall–Kier alpha value is -1.78. The predicted molar refractivity (Wildman–Crippen MR) is 79.2 cm³/mol. The number of aromatic nitrogens is 1. The van der Waals surface area contributed by atoms with E-state index in [1.165, 1.54) is 12.7 Å². The molecule has 0 bridgehead atoms. The molecule has 1 heterocycles. The van der Waals surface area contributed by atoms with Gasteiger partial charge in [0.25, 0.3) is 0 Å². The van der Waals surface area contributed by atoms with Crippen molar-refractivity contribution >= 4 is 11.6 Å². The van der Waals surface area contributed by atoms with E-state index in [0.717, 1.165) is 5.56 Å². The van der Waals surface area contributed by atoms with Crippen molar-refractivity contribution in [3.05, 3.63) is 52.3 Å². The van der Waals surface area contributed by atoms with Gasteiger partial charge in [-0.25, -0.2) is 0 Å². The number of ether oxygens (including phenoxy) is 1. The quantitative estimate of drug-likeness (QED) is 0.889. The van der Waals surface area contributed by atoms with E-state index in [1.54, 1.807) is 18.3 Å². The number of phenolic OH excluding ortho intramolecular Hbond substituents is 1. The molecule has 5 heteroatoms. The largest absolute Gasteiger partial charge is 0.504 e. The molecule has 0 amide bonds. The van der Waals surface area contributed by atoms with Crippen LogP contribution in [0.1, 0.15) is 16.7 Å². The van der Waals surface area contributed by atoms with Crippen LogP contribution in [0.2, 0.25) is 5.02 Å². The fourth-order valence-electron chi connectivity index (χ4n) is 1.93. The third-order valence-corrected chi connectivity index (χ3v) is 3.34. The predicted octanol–water partition coefficient (Wildman–Crippen LogP) is 3.05. The number of benzene rings is 1. The van der Waals surface area contributed by atoms with Crippen molar-refractivity contribution in [2.45, 2.75) is 20.0 Å². The second kappa shape index (κ2) is 6.59. The van der Waals surface area contributed by atoms with Gasteiger partial charge in [-0.2, -0.15) is 0 Å². The van der Waals surface area contributed by atoms with Gasteiger partial charge in [0.05, 0.1) is 7.11 Å². The van der Waals surface area contributed by atoms with Crippen LogP contribution >= 0.6 is 11.6 Å². The fraction of sp³-hybridized carbons (Fsp3) is 0.267. The van der Waals surface area contributed by atoms with Crippen LogP contribution in [-0.4, -0.2) is 17.2 Å². The third-order valence-electron chi connectivity index (χ3n) is 3.12. The first-order chi connectivity index (χ1) is 9.61. The average Bonchev–Trinajstić information content (AvgIpc) is 2.44. The van der Waals surface area contributed by atoms with Crippen molar-refractivity contribution in [1.82, 2.24) is 10.3 Å². The summed E-state index contributed by atoms with van der Waals surface area (Å²) in [6, 6.07) is 5.28. The van der Waals surface area contributed by atoms with Crippen molar-refractivity contribution in [1.29, 1.82) is 0 Å². The molecule has 0 unspecified atom stereocenters. The zero-order valence-corrected chi connectivity index (χ0v) is 12.2. The average molecular weight is 293 g/mol. The number of phenols is 1. The van der Waals surface area contributed by atoms with Crippen molar-refractivity contribution in [2.75, 3.05) is 7.11 Å². The Morgan fingerprint density at radius 1 is 1.30 bits per heavy atom. The molecule has 4 nitrogen and oxygen atoms in total. The molecule has 0 atom stereocenters. The molecular formula is C15H17ClN2O2. The summed E-state index contributed by atoms with van der Waals surface area (Å²) in [6.45, 7) is 3.21. The van der Waals surface area contributed by atoms with Gasteiger partial charge in [-0.15, -0.1) is 0 Å². The monoisotopic (exact) mass is 292 g/mol. The van der Waals surface area contributed by atoms with E-state index in [2.05, 4.69) is 10.3 Å². The fourth-order valence-corrected chi connectivity index (χ4v) is 2.16. The Morgan fingerprint density at radius 3 is 2.75 bits per heavy atom. The molecule has 0 aliphatic heterocycles. The van der Waals surface area contributed by atoms with E-state index >= 15 is 0 Å². The summed E-state index contributed by atoms with van der Waals surface area (Å²) < 4.78 is 5.08. The van der Waals surface area contributed by atoms with Crippen LogP contribution < -0.4 is 10.1 Å². The highest BCUT2D eigenvalue weighted by atomic mass is 35.5. The van der Waals surface area contributed by atoms with Crippen LogP contribution in [-0.2, 0) is 13.1 Å². The van der Waals surface area contributed by atoms with Crippen LogP contribution in [0.4, 0.5) is 0 Å². The van der Waals surface area contributed by atoms with Crippen LogP contribution in [0, 0.1) is 6.92 Å².